The Bertz CT molecular complexity index is 671. The van der Waals surface area contributed by atoms with Crippen molar-refractivity contribution < 1.29 is 9.18 Å². The van der Waals surface area contributed by atoms with Gasteiger partial charge in [0.15, 0.2) is 0 Å². The van der Waals surface area contributed by atoms with E-state index < -0.39 is 5.82 Å². The van der Waals surface area contributed by atoms with Crippen LogP contribution in [0.15, 0.2) is 36.9 Å². The van der Waals surface area contributed by atoms with Gasteiger partial charge >= 0.3 is 0 Å². The molecule has 5 nitrogen and oxygen atoms in total. The van der Waals surface area contributed by atoms with Crippen molar-refractivity contribution in [1.29, 1.82) is 0 Å². The van der Waals surface area contributed by atoms with Crippen LogP contribution in [0, 0.1) is 17.7 Å². The zero-order valence-corrected chi connectivity index (χ0v) is 11.3. The second-order valence-corrected chi connectivity index (χ2v) is 4.25. The molecule has 21 heavy (non-hydrogen) atoms. The molecule has 6 heteroatoms. The zero-order valence-electron chi connectivity index (χ0n) is 11.3. The van der Waals surface area contributed by atoms with Gasteiger partial charge < -0.3 is 15.6 Å². The summed E-state index contributed by atoms with van der Waals surface area (Å²) in [6.07, 6.45) is 5.12. The Hall–Kier alpha value is -2.65. The van der Waals surface area contributed by atoms with Gasteiger partial charge in [-0.2, -0.15) is 0 Å². The maximum Gasteiger partial charge on any atom is 0.252 e. The van der Waals surface area contributed by atoms with Crippen molar-refractivity contribution in [1.82, 2.24) is 14.9 Å². The molecule has 0 aliphatic carbocycles. The lowest BCUT2D eigenvalue weighted by Crippen LogP contribution is -2.27. The van der Waals surface area contributed by atoms with Crippen LogP contribution in [0.1, 0.15) is 15.9 Å². The van der Waals surface area contributed by atoms with Gasteiger partial charge in [0.05, 0.1) is 18.4 Å². The Morgan fingerprint density at radius 3 is 3.05 bits per heavy atom. The highest BCUT2D eigenvalue weighted by Gasteiger charge is 2.11. The fraction of sp³-hybridized carbons (Fsp3) is 0.200. The molecule has 3 N–H and O–H groups in total. The maximum atomic E-state index is 13.3. The minimum atomic E-state index is -0.479. The maximum absolute atomic E-state index is 13.3. The first-order valence-corrected chi connectivity index (χ1v) is 6.43. The molecule has 108 valence electrons. The number of benzene rings is 1. The summed E-state index contributed by atoms with van der Waals surface area (Å²) in [4.78, 5) is 16.0. The van der Waals surface area contributed by atoms with Gasteiger partial charge in [-0.05, 0) is 18.2 Å². The van der Waals surface area contributed by atoms with Gasteiger partial charge in [0, 0.05) is 31.0 Å². The third-order valence-electron chi connectivity index (χ3n) is 2.77. The van der Waals surface area contributed by atoms with E-state index in [0.29, 0.717) is 18.7 Å². The van der Waals surface area contributed by atoms with Crippen molar-refractivity contribution in [2.75, 3.05) is 13.1 Å². The first-order chi connectivity index (χ1) is 10.2. The summed E-state index contributed by atoms with van der Waals surface area (Å²) in [5, 5.41) is 2.73. The summed E-state index contributed by atoms with van der Waals surface area (Å²) in [5.41, 5.74) is 5.98. The van der Waals surface area contributed by atoms with E-state index in [1.807, 2.05) is 4.57 Å². The van der Waals surface area contributed by atoms with Crippen molar-refractivity contribution >= 4 is 5.91 Å². The van der Waals surface area contributed by atoms with E-state index in [1.54, 1.807) is 18.7 Å². The molecule has 0 atom stereocenters. The first kappa shape index (κ1) is 14.8. The number of nitrogens with one attached hydrogen (secondary N) is 1. The van der Waals surface area contributed by atoms with Crippen molar-refractivity contribution in [2.24, 2.45) is 5.73 Å². The molecular weight excluding hydrogens is 271 g/mol. The molecule has 0 spiro atoms. The molecule has 1 aromatic heterocycles. The second-order valence-electron chi connectivity index (χ2n) is 4.25. The van der Waals surface area contributed by atoms with Gasteiger partial charge in [-0.1, -0.05) is 11.8 Å². The van der Waals surface area contributed by atoms with E-state index in [9.17, 15) is 9.18 Å². The Balaban J connectivity index is 2.05. The summed E-state index contributed by atoms with van der Waals surface area (Å²) < 4.78 is 15.1. The quantitative estimate of drug-likeness (QED) is 0.815. The normalized spacial score (nSPS) is 9.81. The predicted octanol–water partition coefficient (Wildman–Crippen LogP) is 0.762. The molecule has 1 heterocycles. The Labute approximate surface area is 122 Å². The summed E-state index contributed by atoms with van der Waals surface area (Å²) in [7, 11) is 0. The molecule has 0 aliphatic rings. The van der Waals surface area contributed by atoms with Crippen LogP contribution in [0.4, 0.5) is 4.39 Å². The summed E-state index contributed by atoms with van der Waals surface area (Å²) in [5.74, 6) is 4.58. The van der Waals surface area contributed by atoms with Crippen LogP contribution in [-0.4, -0.2) is 28.5 Å². The van der Waals surface area contributed by atoms with Crippen LogP contribution >= 0.6 is 0 Å². The molecule has 0 radical (unpaired) electrons. The van der Waals surface area contributed by atoms with Gasteiger partial charge in [-0.15, -0.1) is 0 Å². The number of imidazole rings is 1. The lowest BCUT2D eigenvalue weighted by atomic mass is 10.1. The molecule has 0 saturated heterocycles. The van der Waals surface area contributed by atoms with E-state index in [0.717, 1.165) is 0 Å². The molecule has 0 aliphatic heterocycles. The van der Waals surface area contributed by atoms with E-state index >= 15 is 0 Å². The summed E-state index contributed by atoms with van der Waals surface area (Å²) in [6, 6.07) is 3.92. The molecule has 0 saturated carbocycles. The Morgan fingerprint density at radius 2 is 2.33 bits per heavy atom. The summed E-state index contributed by atoms with van der Waals surface area (Å²) >= 11 is 0. The number of amides is 1. The number of rotatable bonds is 4. The smallest absolute Gasteiger partial charge is 0.252 e. The van der Waals surface area contributed by atoms with Gasteiger partial charge in [0.25, 0.3) is 5.91 Å². The number of nitrogens with zero attached hydrogens (tertiary/aromatic N) is 2. The average molecular weight is 286 g/mol. The van der Waals surface area contributed by atoms with E-state index in [1.165, 1.54) is 18.2 Å². The van der Waals surface area contributed by atoms with Crippen molar-refractivity contribution in [3.8, 4) is 11.8 Å². The number of hydrogen-bond acceptors (Lipinski definition) is 3. The van der Waals surface area contributed by atoms with Crippen LogP contribution in [-0.2, 0) is 6.54 Å². The second kappa shape index (κ2) is 7.22. The standard InChI is InChI=1S/C15H15FN4O/c16-13-4-3-12(2-1-5-17)14(10-13)15(21)19-7-9-20-8-6-18-11-20/h3-4,6,8,10-11H,5,7,9,17H2,(H,19,21). The molecule has 1 aromatic carbocycles. The predicted molar refractivity (Wildman–Crippen MR) is 76.9 cm³/mol. The van der Waals surface area contributed by atoms with Crippen molar-refractivity contribution in [3.63, 3.8) is 0 Å². The number of carbonyl (C=O) groups is 1. The third kappa shape index (κ3) is 4.16. The summed E-state index contributed by atoms with van der Waals surface area (Å²) in [6.45, 7) is 1.18. The van der Waals surface area contributed by atoms with Crippen LogP contribution in [0.2, 0.25) is 0 Å². The van der Waals surface area contributed by atoms with Crippen LogP contribution < -0.4 is 11.1 Å². The number of aromatic nitrogens is 2. The zero-order chi connectivity index (χ0) is 15.1. The molecule has 2 aromatic rings. The monoisotopic (exact) mass is 286 g/mol. The topological polar surface area (TPSA) is 72.9 Å². The lowest BCUT2D eigenvalue weighted by Gasteiger charge is -2.07. The van der Waals surface area contributed by atoms with Gasteiger partial charge in [-0.3, -0.25) is 4.79 Å². The number of carbonyl (C=O) groups excluding carboxylic acids is 1. The van der Waals surface area contributed by atoms with Crippen LogP contribution in [0.5, 0.6) is 0 Å². The number of halogens is 1. The largest absolute Gasteiger partial charge is 0.350 e. The van der Waals surface area contributed by atoms with Gasteiger partial charge in [-0.25, -0.2) is 9.37 Å². The average Bonchev–Trinajstić information content (AvgIpc) is 2.99. The van der Waals surface area contributed by atoms with Crippen molar-refractivity contribution in [3.05, 3.63) is 53.9 Å². The van der Waals surface area contributed by atoms with Gasteiger partial charge in [0.1, 0.15) is 5.82 Å². The fourth-order valence-electron chi connectivity index (χ4n) is 1.77. The minimum Gasteiger partial charge on any atom is -0.350 e. The SMILES string of the molecule is NCC#Cc1ccc(F)cc1C(=O)NCCn1ccnc1. The Morgan fingerprint density at radius 1 is 1.48 bits per heavy atom. The Kier molecular flexibility index (Phi) is 5.07. The minimum absolute atomic E-state index is 0.180. The molecule has 1 amide bonds. The third-order valence-corrected chi connectivity index (χ3v) is 2.77. The highest BCUT2D eigenvalue weighted by atomic mass is 19.1. The van der Waals surface area contributed by atoms with Gasteiger partial charge in [0.2, 0.25) is 0 Å². The van der Waals surface area contributed by atoms with E-state index in [2.05, 4.69) is 22.1 Å². The number of nitrogens with two attached hydrogens (primary N) is 1. The number of hydrogen-bond donors (Lipinski definition) is 2. The van der Waals surface area contributed by atoms with E-state index in [4.69, 9.17) is 5.73 Å². The van der Waals surface area contributed by atoms with Crippen LogP contribution in [0.25, 0.3) is 0 Å². The van der Waals surface area contributed by atoms with E-state index in [-0.39, 0.29) is 18.0 Å². The molecule has 0 bridgehead atoms. The van der Waals surface area contributed by atoms with Crippen LogP contribution in [0.3, 0.4) is 0 Å². The fourth-order valence-corrected chi connectivity index (χ4v) is 1.77. The van der Waals surface area contributed by atoms with Crippen molar-refractivity contribution in [2.45, 2.75) is 6.54 Å². The lowest BCUT2D eigenvalue weighted by molar-refractivity contribution is 0.0951. The first-order valence-electron chi connectivity index (χ1n) is 6.43. The highest BCUT2D eigenvalue weighted by molar-refractivity contribution is 5.96. The molecular formula is C15H15FN4O. The molecule has 2 rings (SSSR count). The highest BCUT2D eigenvalue weighted by Crippen LogP contribution is 2.10. The molecule has 0 unspecified atom stereocenters. The molecule has 0 fully saturated rings.